The zero-order valence-electron chi connectivity index (χ0n) is 9.26. The second kappa shape index (κ2) is 3.55. The van der Waals surface area contributed by atoms with Gasteiger partial charge in [0.25, 0.3) is 5.91 Å². The fraction of sp³-hybridized carbons (Fsp3) is 0.200. The van der Waals surface area contributed by atoms with Crippen LogP contribution in [0, 0.1) is 6.92 Å². The molecule has 2 rings (SSSR count). The number of primary amides is 1. The molecule has 0 aliphatic carbocycles. The number of hydrogen-bond donors (Lipinski definition) is 2. The average molecular weight is 234 g/mol. The van der Waals surface area contributed by atoms with Crippen molar-refractivity contribution in [2.75, 3.05) is 0 Å². The summed E-state index contributed by atoms with van der Waals surface area (Å²) in [6.07, 6.45) is 0. The predicted octanol–water partition coefficient (Wildman–Crippen LogP) is 0.0738. The molecule has 2 heterocycles. The van der Waals surface area contributed by atoms with Gasteiger partial charge in [-0.15, -0.1) is 0 Å². The lowest BCUT2D eigenvalue weighted by atomic mass is 10.1. The van der Waals surface area contributed by atoms with Crippen LogP contribution in [0.15, 0.2) is 6.07 Å². The van der Waals surface area contributed by atoms with Crippen LogP contribution < -0.4 is 5.73 Å². The lowest BCUT2D eigenvalue weighted by molar-refractivity contribution is 0.0699. The summed E-state index contributed by atoms with van der Waals surface area (Å²) < 4.78 is 1.42. The molecule has 0 aliphatic heterocycles. The average Bonchev–Trinajstić information content (AvgIpc) is 2.53. The van der Waals surface area contributed by atoms with Crippen LogP contribution >= 0.6 is 0 Å². The number of pyridine rings is 1. The lowest BCUT2D eigenvalue weighted by Gasteiger charge is -2.01. The molecule has 17 heavy (non-hydrogen) atoms. The van der Waals surface area contributed by atoms with Crippen LogP contribution in [0.5, 0.6) is 0 Å². The summed E-state index contributed by atoms with van der Waals surface area (Å²) in [6.45, 7) is 1.68. The third-order valence-electron chi connectivity index (χ3n) is 2.45. The summed E-state index contributed by atoms with van der Waals surface area (Å²) >= 11 is 0. The van der Waals surface area contributed by atoms with Gasteiger partial charge in [0.15, 0.2) is 5.65 Å². The number of rotatable bonds is 2. The maximum atomic E-state index is 11.1. The van der Waals surface area contributed by atoms with E-state index in [0.29, 0.717) is 16.7 Å². The first kappa shape index (κ1) is 11.1. The van der Waals surface area contributed by atoms with Crippen molar-refractivity contribution in [3.05, 3.63) is 23.0 Å². The monoisotopic (exact) mass is 234 g/mol. The second-order valence-corrected chi connectivity index (χ2v) is 3.63. The zero-order chi connectivity index (χ0) is 12.7. The molecule has 2 aromatic heterocycles. The molecule has 0 saturated carbocycles. The van der Waals surface area contributed by atoms with Gasteiger partial charge in [0.05, 0.1) is 16.6 Å². The standard InChI is InChI=1S/C10H10N4O3/c1-4-7-5(10(16)17)3-6(8(11)15)12-9(7)14(2)13-4/h3H,1-2H3,(H2,11,15)(H,16,17). The van der Waals surface area contributed by atoms with Crippen LogP contribution in [-0.2, 0) is 7.05 Å². The van der Waals surface area contributed by atoms with Crippen molar-refractivity contribution in [1.29, 1.82) is 0 Å². The van der Waals surface area contributed by atoms with Gasteiger partial charge in [-0.3, -0.25) is 9.48 Å². The van der Waals surface area contributed by atoms with E-state index in [1.54, 1.807) is 14.0 Å². The SMILES string of the molecule is Cc1nn(C)c2nc(C(N)=O)cc(C(=O)O)c12. The fourth-order valence-corrected chi connectivity index (χ4v) is 1.74. The molecular weight excluding hydrogens is 224 g/mol. The van der Waals surface area contributed by atoms with Gasteiger partial charge in [-0.1, -0.05) is 0 Å². The predicted molar refractivity (Wildman–Crippen MR) is 58.7 cm³/mol. The zero-order valence-corrected chi connectivity index (χ0v) is 9.26. The third-order valence-corrected chi connectivity index (χ3v) is 2.45. The van der Waals surface area contributed by atoms with E-state index in [9.17, 15) is 9.59 Å². The Kier molecular flexibility index (Phi) is 2.31. The summed E-state index contributed by atoms with van der Waals surface area (Å²) in [7, 11) is 1.62. The minimum absolute atomic E-state index is 0.0191. The summed E-state index contributed by atoms with van der Waals surface area (Å²) in [5.74, 6) is -1.91. The number of carboxylic acid groups (broad SMARTS) is 1. The van der Waals surface area contributed by atoms with Crippen LogP contribution in [0.25, 0.3) is 11.0 Å². The first-order valence-electron chi connectivity index (χ1n) is 4.79. The molecule has 0 aromatic carbocycles. The van der Waals surface area contributed by atoms with E-state index in [-0.39, 0.29) is 11.3 Å². The van der Waals surface area contributed by atoms with Gasteiger partial charge in [-0.05, 0) is 13.0 Å². The number of carboxylic acids is 1. The molecule has 0 fully saturated rings. The van der Waals surface area contributed by atoms with Crippen LogP contribution in [0.2, 0.25) is 0 Å². The first-order valence-corrected chi connectivity index (χ1v) is 4.79. The van der Waals surface area contributed by atoms with Gasteiger partial charge in [-0.2, -0.15) is 5.10 Å². The first-order chi connectivity index (χ1) is 7.91. The fourth-order valence-electron chi connectivity index (χ4n) is 1.74. The Bertz CT molecular complexity index is 645. The van der Waals surface area contributed by atoms with Crippen LogP contribution in [0.1, 0.15) is 26.5 Å². The van der Waals surface area contributed by atoms with Gasteiger partial charge in [-0.25, -0.2) is 9.78 Å². The number of carbonyl (C=O) groups excluding carboxylic acids is 1. The maximum Gasteiger partial charge on any atom is 0.336 e. The highest BCUT2D eigenvalue weighted by atomic mass is 16.4. The van der Waals surface area contributed by atoms with Gasteiger partial charge in [0.2, 0.25) is 0 Å². The largest absolute Gasteiger partial charge is 0.478 e. The number of aryl methyl sites for hydroxylation is 2. The number of aromatic nitrogens is 3. The summed E-state index contributed by atoms with van der Waals surface area (Å²) in [5.41, 5.74) is 5.88. The smallest absolute Gasteiger partial charge is 0.336 e. The van der Waals surface area contributed by atoms with Crippen molar-refractivity contribution in [3.63, 3.8) is 0 Å². The maximum absolute atomic E-state index is 11.1. The van der Waals surface area contributed by atoms with E-state index in [1.807, 2.05) is 0 Å². The highest BCUT2D eigenvalue weighted by Gasteiger charge is 2.19. The number of fused-ring (bicyclic) bond motifs is 1. The van der Waals surface area contributed by atoms with Gasteiger partial charge < -0.3 is 10.8 Å². The minimum Gasteiger partial charge on any atom is -0.478 e. The normalized spacial score (nSPS) is 10.7. The van der Waals surface area contributed by atoms with E-state index < -0.39 is 11.9 Å². The highest BCUT2D eigenvalue weighted by molar-refractivity contribution is 6.05. The Morgan fingerprint density at radius 2 is 2.12 bits per heavy atom. The molecule has 1 amide bonds. The van der Waals surface area contributed by atoms with Crippen LogP contribution in [0.3, 0.4) is 0 Å². The highest BCUT2D eigenvalue weighted by Crippen LogP contribution is 2.21. The molecule has 7 heteroatoms. The van der Waals surface area contributed by atoms with Gasteiger partial charge in [0.1, 0.15) is 5.69 Å². The molecule has 0 radical (unpaired) electrons. The van der Waals surface area contributed by atoms with E-state index in [4.69, 9.17) is 10.8 Å². The van der Waals surface area contributed by atoms with Crippen molar-refractivity contribution >= 4 is 22.9 Å². The third kappa shape index (κ3) is 1.61. The van der Waals surface area contributed by atoms with Crippen molar-refractivity contribution in [2.24, 2.45) is 12.8 Å². The quantitative estimate of drug-likeness (QED) is 0.763. The second-order valence-electron chi connectivity index (χ2n) is 3.63. The molecule has 3 N–H and O–H groups in total. The Hall–Kier alpha value is -2.44. The van der Waals surface area contributed by atoms with Crippen molar-refractivity contribution in [1.82, 2.24) is 14.8 Å². The topological polar surface area (TPSA) is 111 Å². The number of amides is 1. The van der Waals surface area contributed by atoms with E-state index >= 15 is 0 Å². The Balaban J connectivity index is 2.93. The number of carbonyl (C=O) groups is 2. The molecule has 0 saturated heterocycles. The number of aromatic carboxylic acids is 1. The number of nitrogens with two attached hydrogens (primary N) is 1. The van der Waals surface area contributed by atoms with Gasteiger partial charge >= 0.3 is 5.97 Å². The van der Waals surface area contributed by atoms with Crippen molar-refractivity contribution < 1.29 is 14.7 Å². The Morgan fingerprint density at radius 3 is 2.65 bits per heavy atom. The molecule has 88 valence electrons. The van der Waals surface area contributed by atoms with Crippen molar-refractivity contribution in [3.8, 4) is 0 Å². The molecular formula is C10H10N4O3. The van der Waals surface area contributed by atoms with E-state index in [0.717, 1.165) is 0 Å². The molecule has 0 spiro atoms. The Labute approximate surface area is 95.9 Å². The summed E-state index contributed by atoms with van der Waals surface area (Å²) in [6, 6.07) is 1.17. The summed E-state index contributed by atoms with van der Waals surface area (Å²) in [4.78, 5) is 26.2. The number of hydrogen-bond acceptors (Lipinski definition) is 4. The molecule has 0 aliphatic rings. The lowest BCUT2D eigenvalue weighted by Crippen LogP contribution is -2.15. The Morgan fingerprint density at radius 1 is 1.47 bits per heavy atom. The van der Waals surface area contributed by atoms with Crippen molar-refractivity contribution in [2.45, 2.75) is 6.92 Å². The minimum atomic E-state index is -1.14. The van der Waals surface area contributed by atoms with Crippen LogP contribution in [0.4, 0.5) is 0 Å². The molecule has 7 nitrogen and oxygen atoms in total. The molecule has 0 bridgehead atoms. The molecule has 2 aromatic rings. The molecule has 0 atom stereocenters. The number of nitrogens with zero attached hydrogens (tertiary/aromatic N) is 3. The van der Waals surface area contributed by atoms with Gasteiger partial charge in [0, 0.05) is 7.05 Å². The van der Waals surface area contributed by atoms with E-state index in [2.05, 4.69) is 10.1 Å². The van der Waals surface area contributed by atoms with Crippen LogP contribution in [-0.4, -0.2) is 31.7 Å². The summed E-state index contributed by atoms with van der Waals surface area (Å²) in [5, 5.41) is 13.6. The molecule has 0 unspecified atom stereocenters. The van der Waals surface area contributed by atoms with E-state index in [1.165, 1.54) is 10.7 Å².